The van der Waals surface area contributed by atoms with E-state index in [2.05, 4.69) is 9.82 Å². The van der Waals surface area contributed by atoms with E-state index in [0.717, 1.165) is 5.56 Å². The molecule has 2 heterocycles. The molecule has 4 aromatic rings. The van der Waals surface area contributed by atoms with E-state index in [1.165, 1.54) is 18.2 Å². The lowest BCUT2D eigenvalue weighted by Crippen LogP contribution is -2.14. The summed E-state index contributed by atoms with van der Waals surface area (Å²) in [4.78, 5) is 44.7. The molecule has 2 N–H and O–H groups in total. The first-order valence-corrected chi connectivity index (χ1v) is 9.98. The molecule has 0 unspecified atom stereocenters. The second-order valence-corrected chi connectivity index (χ2v) is 7.65. The second-order valence-electron chi connectivity index (χ2n) is 7.65. The Hall–Kier alpha value is -4.47. The molecule has 0 spiro atoms. The van der Waals surface area contributed by atoms with Crippen molar-refractivity contribution in [1.29, 1.82) is 0 Å². The van der Waals surface area contributed by atoms with E-state index < -0.39 is 11.1 Å². The highest BCUT2D eigenvalue weighted by atomic mass is 16.9. The van der Waals surface area contributed by atoms with Gasteiger partial charge in [-0.15, -0.1) is 10.1 Å². The number of pyridine rings is 1. The number of nitrogen functional groups attached to an aromatic ring is 1. The van der Waals surface area contributed by atoms with Gasteiger partial charge in [-0.3, -0.25) is 4.79 Å². The average molecular weight is 449 g/mol. The fraction of sp³-hybridized carbons (Fsp3) is 0.174. The number of rotatable bonds is 6. The molecule has 2 aromatic carbocycles. The van der Waals surface area contributed by atoms with E-state index in [9.17, 15) is 19.7 Å². The van der Waals surface area contributed by atoms with E-state index in [0.29, 0.717) is 16.5 Å². The van der Waals surface area contributed by atoms with Gasteiger partial charge in [-0.05, 0) is 47.4 Å². The lowest BCUT2D eigenvalue weighted by molar-refractivity contribution is -0.763. The van der Waals surface area contributed by atoms with Crippen LogP contribution in [-0.2, 0) is 11.4 Å². The summed E-state index contributed by atoms with van der Waals surface area (Å²) in [6.45, 7) is 3.72. The molecule has 0 fully saturated rings. The van der Waals surface area contributed by atoms with Gasteiger partial charge >= 0.3 is 5.97 Å². The number of nitrogens with zero attached hydrogens (tertiary/aromatic N) is 2. The monoisotopic (exact) mass is 449 g/mol. The zero-order valence-corrected chi connectivity index (χ0v) is 17.7. The van der Waals surface area contributed by atoms with Crippen LogP contribution in [0.3, 0.4) is 0 Å². The van der Waals surface area contributed by atoms with Gasteiger partial charge in [0, 0.05) is 0 Å². The molecule has 0 atom stereocenters. The molecule has 2 aromatic heterocycles. The number of ether oxygens (including phenoxy) is 1. The van der Waals surface area contributed by atoms with Gasteiger partial charge in [0.15, 0.2) is 0 Å². The SMILES string of the molecule is CC(C)c1ccc2oc3nc(N)c(C(=O)Oc4cccc(CO[N+](=O)[O-])c4)cc3c(=O)c2c1. The summed E-state index contributed by atoms with van der Waals surface area (Å²) >= 11 is 0. The first kappa shape index (κ1) is 21.8. The third-order valence-electron chi connectivity index (χ3n) is 5.05. The molecule has 4 rings (SSSR count). The van der Waals surface area contributed by atoms with Crippen LogP contribution in [0, 0.1) is 10.1 Å². The Bertz CT molecular complexity index is 1460. The highest BCUT2D eigenvalue weighted by Gasteiger charge is 2.19. The summed E-state index contributed by atoms with van der Waals surface area (Å²) in [6.07, 6.45) is 0. The predicted molar refractivity (Wildman–Crippen MR) is 119 cm³/mol. The standard InChI is InChI=1S/C23H19N3O7/c1-12(2)14-6-7-19-16(9-14)20(27)17-10-18(21(24)25-22(17)33-19)23(28)32-15-5-3-4-13(8-15)11-31-26(29)30/h3-10,12H,11H2,1-2H3,(H2,24,25). The van der Waals surface area contributed by atoms with Crippen LogP contribution >= 0.6 is 0 Å². The maximum atomic E-state index is 13.1. The van der Waals surface area contributed by atoms with Gasteiger partial charge in [0.05, 0.1) is 10.8 Å². The molecule has 0 aliphatic heterocycles. The van der Waals surface area contributed by atoms with Gasteiger partial charge < -0.3 is 19.7 Å². The number of carbonyl (C=O) groups is 1. The van der Waals surface area contributed by atoms with Crippen molar-refractivity contribution >= 4 is 33.9 Å². The molecule has 10 nitrogen and oxygen atoms in total. The molecular formula is C23H19N3O7. The highest BCUT2D eigenvalue weighted by Crippen LogP contribution is 2.25. The van der Waals surface area contributed by atoms with Gasteiger partial charge in [-0.25, -0.2) is 4.79 Å². The quantitative estimate of drug-likeness (QED) is 0.152. The van der Waals surface area contributed by atoms with Crippen LogP contribution in [-0.4, -0.2) is 16.0 Å². The number of anilines is 1. The van der Waals surface area contributed by atoms with Crippen LogP contribution in [0.4, 0.5) is 5.82 Å². The third-order valence-corrected chi connectivity index (χ3v) is 5.05. The molecule has 0 aliphatic rings. The van der Waals surface area contributed by atoms with Gasteiger partial charge in [-0.2, -0.15) is 4.98 Å². The summed E-state index contributed by atoms with van der Waals surface area (Å²) in [7, 11) is 0. The molecule has 168 valence electrons. The van der Waals surface area contributed by atoms with Crippen LogP contribution in [0.25, 0.3) is 22.1 Å². The lowest BCUT2D eigenvalue weighted by Gasteiger charge is -2.10. The van der Waals surface area contributed by atoms with Gasteiger partial charge in [0.1, 0.15) is 29.3 Å². The molecule has 33 heavy (non-hydrogen) atoms. The van der Waals surface area contributed by atoms with E-state index in [4.69, 9.17) is 14.9 Å². The molecule has 0 bridgehead atoms. The fourth-order valence-corrected chi connectivity index (χ4v) is 3.32. The van der Waals surface area contributed by atoms with Crippen molar-refractivity contribution in [1.82, 2.24) is 4.98 Å². The van der Waals surface area contributed by atoms with Crippen molar-refractivity contribution < 1.29 is 23.9 Å². The molecule has 0 radical (unpaired) electrons. The minimum absolute atomic E-state index is 0.0118. The Morgan fingerprint density at radius 2 is 1.97 bits per heavy atom. The minimum Gasteiger partial charge on any atom is -0.437 e. The summed E-state index contributed by atoms with van der Waals surface area (Å²) in [5.41, 5.74) is 7.27. The van der Waals surface area contributed by atoms with E-state index >= 15 is 0 Å². The van der Waals surface area contributed by atoms with Crippen LogP contribution in [0.2, 0.25) is 0 Å². The molecular weight excluding hydrogens is 430 g/mol. The van der Waals surface area contributed by atoms with E-state index in [1.807, 2.05) is 19.9 Å². The summed E-state index contributed by atoms with van der Waals surface area (Å²) in [6, 6.07) is 12.7. The van der Waals surface area contributed by atoms with Gasteiger partial charge in [0.25, 0.3) is 5.09 Å². The van der Waals surface area contributed by atoms with E-state index in [1.54, 1.807) is 24.3 Å². The van der Waals surface area contributed by atoms with Crippen molar-refractivity contribution in [3.05, 3.63) is 85.6 Å². The molecule has 0 saturated heterocycles. The maximum absolute atomic E-state index is 13.1. The average Bonchev–Trinajstić information content (AvgIpc) is 2.77. The Labute approximate surface area is 186 Å². The first-order chi connectivity index (χ1) is 15.7. The number of carbonyl (C=O) groups excluding carboxylic acids is 1. The van der Waals surface area contributed by atoms with Crippen LogP contribution in [0.15, 0.2) is 57.7 Å². The van der Waals surface area contributed by atoms with Gasteiger partial charge in [-0.1, -0.05) is 32.0 Å². The summed E-state index contributed by atoms with van der Waals surface area (Å²) in [5.74, 6) is -0.673. The lowest BCUT2D eigenvalue weighted by atomic mass is 10.0. The number of fused-ring (bicyclic) bond motifs is 2. The Morgan fingerprint density at radius 3 is 2.70 bits per heavy atom. The first-order valence-electron chi connectivity index (χ1n) is 9.98. The number of esters is 1. The zero-order chi connectivity index (χ0) is 23.7. The molecule has 0 aliphatic carbocycles. The van der Waals surface area contributed by atoms with Crippen molar-refractivity contribution in [2.75, 3.05) is 5.73 Å². The van der Waals surface area contributed by atoms with Crippen molar-refractivity contribution in [3.63, 3.8) is 0 Å². The third kappa shape index (κ3) is 4.45. The number of aromatic nitrogens is 1. The number of hydrogen-bond acceptors (Lipinski definition) is 9. The minimum atomic E-state index is -0.917. The summed E-state index contributed by atoms with van der Waals surface area (Å²) in [5, 5.41) is 9.92. The second kappa shape index (κ2) is 8.58. The topological polar surface area (TPSA) is 148 Å². The Morgan fingerprint density at radius 1 is 1.18 bits per heavy atom. The largest absolute Gasteiger partial charge is 0.437 e. The van der Waals surface area contributed by atoms with E-state index in [-0.39, 0.29) is 46.2 Å². The Balaban J connectivity index is 1.71. The summed E-state index contributed by atoms with van der Waals surface area (Å²) < 4.78 is 11.1. The normalized spacial score (nSPS) is 11.1. The van der Waals surface area contributed by atoms with Crippen LogP contribution < -0.4 is 15.9 Å². The fourth-order valence-electron chi connectivity index (χ4n) is 3.32. The van der Waals surface area contributed by atoms with Crippen molar-refractivity contribution in [3.8, 4) is 5.75 Å². The number of hydrogen-bond donors (Lipinski definition) is 1. The number of nitrogens with two attached hydrogens (primary N) is 1. The van der Waals surface area contributed by atoms with Gasteiger partial charge in [0.2, 0.25) is 11.1 Å². The molecule has 10 heteroatoms. The van der Waals surface area contributed by atoms with Crippen molar-refractivity contribution in [2.24, 2.45) is 0 Å². The van der Waals surface area contributed by atoms with Crippen molar-refractivity contribution in [2.45, 2.75) is 26.4 Å². The predicted octanol–water partition coefficient (Wildman–Crippen LogP) is 3.97. The highest BCUT2D eigenvalue weighted by molar-refractivity contribution is 6.00. The number of benzene rings is 2. The van der Waals surface area contributed by atoms with Crippen LogP contribution in [0.1, 0.15) is 41.3 Å². The smallest absolute Gasteiger partial charge is 0.347 e. The molecule has 0 amide bonds. The maximum Gasteiger partial charge on any atom is 0.347 e. The molecule has 0 saturated carbocycles. The van der Waals surface area contributed by atoms with Crippen LogP contribution in [0.5, 0.6) is 5.75 Å². The Kier molecular flexibility index (Phi) is 5.65. The zero-order valence-electron chi connectivity index (χ0n) is 17.7.